The monoisotopic (exact) mass is 379 g/mol. The van der Waals surface area contributed by atoms with E-state index in [2.05, 4.69) is 19.2 Å². The molecule has 0 aliphatic rings. The SMILES string of the molecule is COc1cccc(CCC(=O)OCC(=O)NC(C)CCCC(C)C)c1OC. The van der Waals surface area contributed by atoms with Crippen molar-refractivity contribution in [3.05, 3.63) is 23.8 Å². The zero-order valence-electron chi connectivity index (χ0n) is 17.2. The summed E-state index contributed by atoms with van der Waals surface area (Å²) in [7, 11) is 3.13. The average Bonchev–Trinajstić information content (AvgIpc) is 2.63. The van der Waals surface area contributed by atoms with E-state index in [0.29, 0.717) is 23.8 Å². The first-order valence-corrected chi connectivity index (χ1v) is 9.52. The first-order valence-electron chi connectivity index (χ1n) is 9.52. The van der Waals surface area contributed by atoms with Crippen LogP contribution < -0.4 is 14.8 Å². The number of rotatable bonds is 12. The van der Waals surface area contributed by atoms with Crippen molar-refractivity contribution in [3.63, 3.8) is 0 Å². The fourth-order valence-electron chi connectivity index (χ4n) is 2.83. The molecule has 1 rings (SSSR count). The van der Waals surface area contributed by atoms with Crippen molar-refractivity contribution in [1.82, 2.24) is 5.32 Å². The number of hydrogen-bond donors (Lipinski definition) is 1. The van der Waals surface area contributed by atoms with E-state index in [1.807, 2.05) is 19.1 Å². The van der Waals surface area contributed by atoms with Gasteiger partial charge in [0.15, 0.2) is 18.1 Å². The smallest absolute Gasteiger partial charge is 0.306 e. The molecule has 0 saturated carbocycles. The Morgan fingerprint density at radius 3 is 2.44 bits per heavy atom. The zero-order chi connectivity index (χ0) is 20.2. The van der Waals surface area contributed by atoms with E-state index in [1.54, 1.807) is 20.3 Å². The molecule has 1 aromatic carbocycles. The summed E-state index contributed by atoms with van der Waals surface area (Å²) in [5.41, 5.74) is 0.858. The normalized spacial score (nSPS) is 11.8. The highest BCUT2D eigenvalue weighted by Crippen LogP contribution is 2.31. The number of benzene rings is 1. The van der Waals surface area contributed by atoms with Crippen LogP contribution in [-0.4, -0.2) is 38.7 Å². The van der Waals surface area contributed by atoms with Crippen LogP contribution in [0.15, 0.2) is 18.2 Å². The van der Waals surface area contributed by atoms with Gasteiger partial charge in [-0.25, -0.2) is 0 Å². The summed E-state index contributed by atoms with van der Waals surface area (Å²) in [5, 5.41) is 2.86. The van der Waals surface area contributed by atoms with Crippen LogP contribution in [0.3, 0.4) is 0 Å². The van der Waals surface area contributed by atoms with Crippen LogP contribution in [-0.2, 0) is 20.7 Å². The Morgan fingerprint density at radius 1 is 1.07 bits per heavy atom. The molecule has 0 fully saturated rings. The molecule has 0 aliphatic heterocycles. The molecule has 1 amide bonds. The van der Waals surface area contributed by atoms with Gasteiger partial charge in [0.1, 0.15) is 0 Å². The van der Waals surface area contributed by atoms with Crippen molar-refractivity contribution < 1.29 is 23.8 Å². The van der Waals surface area contributed by atoms with Gasteiger partial charge in [0.25, 0.3) is 5.91 Å². The lowest BCUT2D eigenvalue weighted by Crippen LogP contribution is -2.35. The second kappa shape index (κ2) is 12.2. The molecule has 0 saturated heterocycles. The van der Waals surface area contributed by atoms with Crippen molar-refractivity contribution in [2.45, 2.75) is 58.9 Å². The maximum Gasteiger partial charge on any atom is 0.306 e. The molecular weight excluding hydrogens is 346 g/mol. The van der Waals surface area contributed by atoms with Gasteiger partial charge in [-0.15, -0.1) is 0 Å². The third kappa shape index (κ3) is 8.80. The molecule has 0 aromatic heterocycles. The Kier molecular flexibility index (Phi) is 10.3. The molecule has 0 spiro atoms. The van der Waals surface area contributed by atoms with Gasteiger partial charge in [-0.05, 0) is 37.3 Å². The predicted molar refractivity (Wildman–Crippen MR) is 105 cm³/mol. The maximum atomic E-state index is 11.9. The molecule has 27 heavy (non-hydrogen) atoms. The second-order valence-corrected chi connectivity index (χ2v) is 7.11. The van der Waals surface area contributed by atoms with Gasteiger partial charge in [0, 0.05) is 12.5 Å². The third-order valence-corrected chi connectivity index (χ3v) is 4.27. The molecule has 0 radical (unpaired) electrons. The average molecular weight is 379 g/mol. The minimum Gasteiger partial charge on any atom is -0.493 e. The highest BCUT2D eigenvalue weighted by atomic mass is 16.5. The summed E-state index contributed by atoms with van der Waals surface area (Å²) in [6.45, 7) is 6.09. The number of ether oxygens (including phenoxy) is 3. The molecule has 152 valence electrons. The second-order valence-electron chi connectivity index (χ2n) is 7.11. The fraction of sp³-hybridized carbons (Fsp3) is 0.619. The number of hydrogen-bond acceptors (Lipinski definition) is 5. The summed E-state index contributed by atoms with van der Waals surface area (Å²) in [6.07, 6.45) is 3.75. The Labute approximate surface area is 162 Å². The summed E-state index contributed by atoms with van der Waals surface area (Å²) >= 11 is 0. The summed E-state index contributed by atoms with van der Waals surface area (Å²) < 4.78 is 15.7. The standard InChI is InChI=1S/C21H33NO5/c1-15(2)8-6-9-16(3)22-19(23)14-27-20(24)13-12-17-10-7-11-18(25-4)21(17)26-5/h7,10-11,15-16H,6,8-9,12-14H2,1-5H3,(H,22,23). The number of aryl methyl sites for hydroxylation is 1. The van der Waals surface area contributed by atoms with Crippen LogP contribution in [0.1, 0.15) is 52.0 Å². The number of para-hydroxylation sites is 1. The van der Waals surface area contributed by atoms with Crippen LogP contribution in [0.5, 0.6) is 11.5 Å². The van der Waals surface area contributed by atoms with Crippen molar-refractivity contribution in [2.75, 3.05) is 20.8 Å². The Balaban J connectivity index is 2.34. The van der Waals surface area contributed by atoms with E-state index in [0.717, 1.165) is 24.8 Å². The molecule has 1 aromatic rings. The van der Waals surface area contributed by atoms with Gasteiger partial charge in [0.05, 0.1) is 14.2 Å². The van der Waals surface area contributed by atoms with E-state index in [-0.39, 0.29) is 25.0 Å². The lowest BCUT2D eigenvalue weighted by molar-refractivity contribution is -0.148. The van der Waals surface area contributed by atoms with Gasteiger partial charge >= 0.3 is 5.97 Å². The van der Waals surface area contributed by atoms with E-state index >= 15 is 0 Å². The molecular formula is C21H33NO5. The maximum absolute atomic E-state index is 11.9. The van der Waals surface area contributed by atoms with Crippen LogP contribution >= 0.6 is 0 Å². The quantitative estimate of drug-likeness (QED) is 0.563. The highest BCUT2D eigenvalue weighted by Gasteiger charge is 2.14. The molecule has 6 heteroatoms. The first kappa shape index (κ1) is 22.8. The Hall–Kier alpha value is -2.24. The molecule has 0 aliphatic carbocycles. The van der Waals surface area contributed by atoms with E-state index in [1.165, 1.54) is 0 Å². The van der Waals surface area contributed by atoms with Crippen molar-refractivity contribution >= 4 is 11.9 Å². The lowest BCUT2D eigenvalue weighted by Gasteiger charge is -2.15. The fourth-order valence-corrected chi connectivity index (χ4v) is 2.83. The number of nitrogens with one attached hydrogen (secondary N) is 1. The van der Waals surface area contributed by atoms with Gasteiger partial charge in [-0.3, -0.25) is 9.59 Å². The van der Waals surface area contributed by atoms with Crippen LogP contribution in [0, 0.1) is 5.92 Å². The van der Waals surface area contributed by atoms with Gasteiger partial charge < -0.3 is 19.5 Å². The number of carbonyl (C=O) groups excluding carboxylic acids is 2. The molecule has 1 atom stereocenters. The lowest BCUT2D eigenvalue weighted by atomic mass is 10.0. The molecule has 6 nitrogen and oxygen atoms in total. The van der Waals surface area contributed by atoms with Gasteiger partial charge in [-0.2, -0.15) is 0 Å². The molecule has 0 heterocycles. The predicted octanol–water partition coefficient (Wildman–Crippen LogP) is 3.51. The largest absolute Gasteiger partial charge is 0.493 e. The third-order valence-electron chi connectivity index (χ3n) is 4.27. The highest BCUT2D eigenvalue weighted by molar-refractivity contribution is 5.80. The van der Waals surface area contributed by atoms with Crippen LogP contribution in [0.25, 0.3) is 0 Å². The summed E-state index contributed by atoms with van der Waals surface area (Å²) in [6, 6.07) is 5.60. The number of methoxy groups -OCH3 is 2. The van der Waals surface area contributed by atoms with E-state index < -0.39 is 5.97 Å². The van der Waals surface area contributed by atoms with E-state index in [4.69, 9.17) is 14.2 Å². The summed E-state index contributed by atoms with van der Waals surface area (Å²) in [5.74, 6) is 1.22. The van der Waals surface area contributed by atoms with Crippen LogP contribution in [0.2, 0.25) is 0 Å². The number of carbonyl (C=O) groups is 2. The minimum absolute atomic E-state index is 0.0796. The molecule has 1 unspecified atom stereocenters. The van der Waals surface area contributed by atoms with Gasteiger partial charge in [0.2, 0.25) is 0 Å². The van der Waals surface area contributed by atoms with E-state index in [9.17, 15) is 9.59 Å². The summed E-state index contributed by atoms with van der Waals surface area (Å²) in [4.78, 5) is 23.8. The van der Waals surface area contributed by atoms with Crippen molar-refractivity contribution in [1.29, 1.82) is 0 Å². The first-order chi connectivity index (χ1) is 12.9. The Morgan fingerprint density at radius 2 is 1.81 bits per heavy atom. The minimum atomic E-state index is -0.414. The topological polar surface area (TPSA) is 73.9 Å². The number of amides is 1. The van der Waals surface area contributed by atoms with Gasteiger partial charge in [-0.1, -0.05) is 38.8 Å². The molecule has 1 N–H and O–H groups in total. The van der Waals surface area contributed by atoms with Crippen LogP contribution in [0.4, 0.5) is 0 Å². The zero-order valence-corrected chi connectivity index (χ0v) is 17.2. The van der Waals surface area contributed by atoms with Crippen molar-refractivity contribution in [2.24, 2.45) is 5.92 Å². The Bertz CT molecular complexity index is 600. The number of esters is 1. The van der Waals surface area contributed by atoms with Crippen molar-refractivity contribution in [3.8, 4) is 11.5 Å². The molecule has 0 bridgehead atoms.